The first-order valence-electron chi connectivity index (χ1n) is 8.65. The van der Waals surface area contributed by atoms with Gasteiger partial charge >= 0.3 is 5.97 Å². The Hall–Kier alpha value is -2.20. The van der Waals surface area contributed by atoms with Gasteiger partial charge in [-0.15, -0.1) is 0 Å². The number of amides is 3. The van der Waals surface area contributed by atoms with Crippen LogP contribution >= 0.6 is 0 Å². The lowest BCUT2D eigenvalue weighted by molar-refractivity contribution is -0.139. The molecule has 10 nitrogen and oxygen atoms in total. The van der Waals surface area contributed by atoms with Crippen molar-refractivity contribution in [3.63, 3.8) is 0 Å². The zero-order valence-corrected chi connectivity index (χ0v) is 15.2. The summed E-state index contributed by atoms with van der Waals surface area (Å²) < 4.78 is 0. The van der Waals surface area contributed by atoms with Crippen LogP contribution in [-0.4, -0.2) is 71.2 Å². The van der Waals surface area contributed by atoms with Crippen molar-refractivity contribution in [3.8, 4) is 0 Å². The van der Waals surface area contributed by atoms with Crippen LogP contribution in [0, 0.1) is 5.92 Å². The fourth-order valence-corrected chi connectivity index (χ4v) is 2.62. The van der Waals surface area contributed by atoms with E-state index < -0.39 is 42.5 Å². The first kappa shape index (κ1) is 21.8. The SMILES string of the molecule is CC(C)C(NC(=O)C1CCCN1)C(=O)NC(C(=O)NCC(=O)O)C(C)O. The topological polar surface area (TPSA) is 157 Å². The van der Waals surface area contributed by atoms with E-state index in [0.29, 0.717) is 6.42 Å². The summed E-state index contributed by atoms with van der Waals surface area (Å²) in [6.45, 7) is 4.90. The molecule has 1 aliphatic rings. The van der Waals surface area contributed by atoms with Crippen LogP contribution in [0.25, 0.3) is 0 Å². The van der Waals surface area contributed by atoms with E-state index in [1.54, 1.807) is 13.8 Å². The second kappa shape index (κ2) is 10.1. The van der Waals surface area contributed by atoms with Gasteiger partial charge in [0, 0.05) is 0 Å². The number of nitrogens with one attached hydrogen (secondary N) is 4. The van der Waals surface area contributed by atoms with Gasteiger partial charge in [-0.25, -0.2) is 0 Å². The Morgan fingerprint density at radius 2 is 1.73 bits per heavy atom. The van der Waals surface area contributed by atoms with E-state index in [2.05, 4.69) is 21.3 Å². The van der Waals surface area contributed by atoms with Crippen molar-refractivity contribution in [3.05, 3.63) is 0 Å². The van der Waals surface area contributed by atoms with Gasteiger partial charge in [0.2, 0.25) is 17.7 Å². The molecular formula is C16H28N4O6. The molecule has 0 aromatic carbocycles. The first-order chi connectivity index (χ1) is 12.1. The number of carboxylic acid groups (broad SMARTS) is 1. The molecule has 0 saturated carbocycles. The fourth-order valence-electron chi connectivity index (χ4n) is 2.62. The normalized spacial score (nSPS) is 20.1. The van der Waals surface area contributed by atoms with Crippen LogP contribution in [-0.2, 0) is 19.2 Å². The quantitative estimate of drug-likeness (QED) is 0.272. The highest BCUT2D eigenvalue weighted by molar-refractivity contribution is 5.94. The van der Waals surface area contributed by atoms with Gasteiger partial charge in [-0.05, 0) is 32.2 Å². The van der Waals surface area contributed by atoms with Crippen LogP contribution in [0.4, 0.5) is 0 Å². The minimum Gasteiger partial charge on any atom is -0.480 e. The van der Waals surface area contributed by atoms with Crippen LogP contribution in [0.1, 0.15) is 33.6 Å². The molecule has 10 heteroatoms. The molecule has 0 aliphatic carbocycles. The van der Waals surface area contributed by atoms with Crippen molar-refractivity contribution in [2.45, 2.75) is 57.8 Å². The number of aliphatic hydroxyl groups is 1. The van der Waals surface area contributed by atoms with Crippen molar-refractivity contribution < 1.29 is 29.4 Å². The predicted octanol–water partition coefficient (Wildman–Crippen LogP) is -2.05. The Balaban J connectivity index is 2.74. The van der Waals surface area contributed by atoms with Gasteiger partial charge in [-0.3, -0.25) is 19.2 Å². The van der Waals surface area contributed by atoms with Crippen molar-refractivity contribution in [2.75, 3.05) is 13.1 Å². The van der Waals surface area contributed by atoms with Gasteiger partial charge in [-0.2, -0.15) is 0 Å². The molecular weight excluding hydrogens is 344 g/mol. The van der Waals surface area contributed by atoms with E-state index >= 15 is 0 Å². The van der Waals surface area contributed by atoms with E-state index in [0.717, 1.165) is 13.0 Å². The van der Waals surface area contributed by atoms with Gasteiger partial charge in [0.1, 0.15) is 18.6 Å². The molecule has 1 aliphatic heterocycles. The molecule has 1 heterocycles. The summed E-state index contributed by atoms with van der Waals surface area (Å²) in [5.41, 5.74) is 0. The maximum atomic E-state index is 12.5. The molecule has 6 N–H and O–H groups in total. The molecule has 0 aromatic rings. The van der Waals surface area contributed by atoms with Gasteiger partial charge in [-0.1, -0.05) is 13.8 Å². The van der Waals surface area contributed by atoms with Crippen molar-refractivity contribution in [1.82, 2.24) is 21.3 Å². The third-order valence-electron chi connectivity index (χ3n) is 4.10. The molecule has 3 amide bonds. The lowest BCUT2D eigenvalue weighted by Gasteiger charge is -2.27. The number of hydrogen-bond acceptors (Lipinski definition) is 6. The summed E-state index contributed by atoms with van der Waals surface area (Å²) in [6.07, 6.45) is 0.323. The molecule has 148 valence electrons. The largest absolute Gasteiger partial charge is 0.480 e. The number of rotatable bonds is 9. The second-order valence-electron chi connectivity index (χ2n) is 6.72. The number of aliphatic hydroxyl groups excluding tert-OH is 1. The van der Waals surface area contributed by atoms with Crippen LogP contribution in [0.5, 0.6) is 0 Å². The third-order valence-corrected chi connectivity index (χ3v) is 4.10. The van der Waals surface area contributed by atoms with E-state index in [4.69, 9.17) is 5.11 Å². The molecule has 4 unspecified atom stereocenters. The van der Waals surface area contributed by atoms with Gasteiger partial charge in [0.15, 0.2) is 0 Å². The van der Waals surface area contributed by atoms with Crippen LogP contribution in [0.2, 0.25) is 0 Å². The maximum absolute atomic E-state index is 12.5. The summed E-state index contributed by atoms with van der Waals surface area (Å²) in [7, 11) is 0. The number of carbonyl (C=O) groups is 4. The molecule has 0 spiro atoms. The molecule has 0 aromatic heterocycles. The summed E-state index contributed by atoms with van der Waals surface area (Å²) in [6, 6.07) is -2.57. The van der Waals surface area contributed by atoms with E-state index in [1.165, 1.54) is 6.92 Å². The monoisotopic (exact) mass is 372 g/mol. The van der Waals surface area contributed by atoms with Crippen LogP contribution in [0.15, 0.2) is 0 Å². The summed E-state index contributed by atoms with van der Waals surface area (Å²) >= 11 is 0. The molecule has 1 rings (SSSR count). The van der Waals surface area contributed by atoms with Crippen molar-refractivity contribution >= 4 is 23.7 Å². The van der Waals surface area contributed by atoms with E-state index in [9.17, 15) is 24.3 Å². The highest BCUT2D eigenvalue weighted by atomic mass is 16.4. The highest BCUT2D eigenvalue weighted by Gasteiger charge is 2.33. The number of hydrogen-bond donors (Lipinski definition) is 6. The average molecular weight is 372 g/mol. The summed E-state index contributed by atoms with van der Waals surface area (Å²) in [5.74, 6) is -3.23. The molecule has 1 fully saturated rings. The van der Waals surface area contributed by atoms with E-state index in [-0.39, 0.29) is 17.9 Å². The fraction of sp³-hybridized carbons (Fsp3) is 0.750. The zero-order chi connectivity index (χ0) is 19.9. The highest BCUT2D eigenvalue weighted by Crippen LogP contribution is 2.08. The molecule has 0 bridgehead atoms. The predicted molar refractivity (Wildman–Crippen MR) is 92.1 cm³/mol. The Labute approximate surface area is 152 Å². The standard InChI is InChI=1S/C16H28N4O6/c1-8(2)12(19-14(24)10-5-4-6-17-10)16(26)20-13(9(3)21)15(25)18-7-11(22)23/h8-10,12-13,17,21H,4-7H2,1-3H3,(H,18,25)(H,19,24)(H,20,26)(H,22,23). The summed E-state index contributed by atoms with van der Waals surface area (Å²) in [5, 5.41) is 28.6. The Morgan fingerprint density at radius 3 is 2.19 bits per heavy atom. The first-order valence-corrected chi connectivity index (χ1v) is 8.65. The second-order valence-corrected chi connectivity index (χ2v) is 6.72. The minimum absolute atomic E-state index is 0.253. The lowest BCUT2D eigenvalue weighted by Crippen LogP contribution is -2.59. The number of carbonyl (C=O) groups excluding carboxylic acids is 3. The Bertz CT molecular complexity index is 531. The Kier molecular flexibility index (Phi) is 8.46. The van der Waals surface area contributed by atoms with Crippen molar-refractivity contribution in [1.29, 1.82) is 0 Å². The van der Waals surface area contributed by atoms with Gasteiger partial charge < -0.3 is 31.5 Å². The van der Waals surface area contributed by atoms with E-state index in [1.807, 2.05) is 0 Å². The molecule has 1 saturated heterocycles. The van der Waals surface area contributed by atoms with Crippen LogP contribution in [0.3, 0.4) is 0 Å². The number of aliphatic carboxylic acids is 1. The molecule has 0 radical (unpaired) electrons. The zero-order valence-electron chi connectivity index (χ0n) is 15.2. The summed E-state index contributed by atoms with van der Waals surface area (Å²) in [4.78, 5) is 47.3. The van der Waals surface area contributed by atoms with Crippen molar-refractivity contribution in [2.24, 2.45) is 5.92 Å². The van der Waals surface area contributed by atoms with Gasteiger partial charge in [0.05, 0.1) is 12.1 Å². The minimum atomic E-state index is -1.33. The molecule has 26 heavy (non-hydrogen) atoms. The third kappa shape index (κ3) is 6.60. The average Bonchev–Trinajstić information content (AvgIpc) is 3.08. The van der Waals surface area contributed by atoms with Gasteiger partial charge in [0.25, 0.3) is 0 Å². The van der Waals surface area contributed by atoms with Crippen LogP contribution < -0.4 is 21.3 Å². The lowest BCUT2D eigenvalue weighted by atomic mass is 10.0. The Morgan fingerprint density at radius 1 is 1.08 bits per heavy atom. The smallest absolute Gasteiger partial charge is 0.322 e. The maximum Gasteiger partial charge on any atom is 0.322 e. The number of carboxylic acids is 1. The molecule has 4 atom stereocenters.